The number of aliphatic hydroxyl groups is 1. The van der Waals surface area contributed by atoms with Crippen LogP contribution in [0.2, 0.25) is 0 Å². The zero-order valence-corrected chi connectivity index (χ0v) is 8.70. The third kappa shape index (κ3) is 3.70. The Bertz CT molecular complexity index is 276. The summed E-state index contributed by atoms with van der Waals surface area (Å²) in [4.78, 5) is 8.22. The van der Waals surface area contributed by atoms with Crippen LogP contribution in [0.25, 0.3) is 0 Å². The number of nitrogens with one attached hydrogen (secondary N) is 1. The van der Waals surface area contributed by atoms with Crippen molar-refractivity contribution in [1.29, 1.82) is 0 Å². The highest BCUT2D eigenvalue weighted by Gasteiger charge is 2.00. The Balaban J connectivity index is 2.59. The van der Waals surface area contributed by atoms with E-state index in [1.165, 1.54) is 0 Å². The monoisotopic (exact) mass is 195 g/mol. The average molecular weight is 195 g/mol. The van der Waals surface area contributed by atoms with Gasteiger partial charge in [-0.3, -0.25) is 0 Å². The molecule has 4 nitrogen and oxygen atoms in total. The van der Waals surface area contributed by atoms with Crippen LogP contribution in [0.3, 0.4) is 0 Å². The summed E-state index contributed by atoms with van der Waals surface area (Å²) >= 11 is 0. The highest BCUT2D eigenvalue weighted by Crippen LogP contribution is 2.08. The highest BCUT2D eigenvalue weighted by molar-refractivity contribution is 5.34. The zero-order chi connectivity index (χ0) is 10.4. The Morgan fingerprint density at radius 1 is 1.43 bits per heavy atom. The van der Waals surface area contributed by atoms with E-state index in [9.17, 15) is 0 Å². The topological polar surface area (TPSA) is 58.0 Å². The minimum Gasteiger partial charge on any atom is -0.395 e. The summed E-state index contributed by atoms with van der Waals surface area (Å²) in [6.45, 7) is 4.95. The lowest BCUT2D eigenvalue weighted by Gasteiger charge is -2.06. The van der Waals surface area contributed by atoms with Gasteiger partial charge >= 0.3 is 0 Å². The predicted octanol–water partition coefficient (Wildman–Crippen LogP) is 1.08. The van der Waals surface area contributed by atoms with Crippen LogP contribution in [-0.4, -0.2) is 28.2 Å². The van der Waals surface area contributed by atoms with Crippen LogP contribution >= 0.6 is 0 Å². The quantitative estimate of drug-likeness (QED) is 0.738. The second kappa shape index (κ2) is 5.54. The molecule has 2 N–H and O–H groups in total. The minimum atomic E-state index is 0.115. The van der Waals surface area contributed by atoms with Crippen molar-refractivity contribution in [2.75, 3.05) is 18.5 Å². The van der Waals surface area contributed by atoms with Crippen LogP contribution in [0.1, 0.15) is 19.5 Å². The summed E-state index contributed by atoms with van der Waals surface area (Å²) in [5.74, 6) is 1.38. The standard InChI is InChI=1S/C10H17N3O/c1-8(2)5-9-6-10(11-3-4-14)13-7-12-9/h6-8,14H,3-5H2,1-2H3,(H,11,12,13). The second-order valence-corrected chi connectivity index (χ2v) is 3.64. The number of anilines is 1. The van der Waals surface area contributed by atoms with E-state index in [4.69, 9.17) is 5.11 Å². The van der Waals surface area contributed by atoms with Gasteiger partial charge in [0.05, 0.1) is 6.61 Å². The number of aromatic nitrogens is 2. The molecule has 0 aliphatic carbocycles. The molecule has 0 atom stereocenters. The molecular formula is C10H17N3O. The van der Waals surface area contributed by atoms with Gasteiger partial charge in [-0.05, 0) is 12.3 Å². The SMILES string of the molecule is CC(C)Cc1cc(NCCO)ncn1. The fourth-order valence-electron chi connectivity index (χ4n) is 1.21. The van der Waals surface area contributed by atoms with Crippen LogP contribution in [0, 0.1) is 5.92 Å². The molecule has 0 fully saturated rings. The number of hydrogen-bond acceptors (Lipinski definition) is 4. The van der Waals surface area contributed by atoms with Crippen molar-refractivity contribution >= 4 is 5.82 Å². The van der Waals surface area contributed by atoms with Gasteiger partial charge < -0.3 is 10.4 Å². The Kier molecular flexibility index (Phi) is 4.32. The van der Waals surface area contributed by atoms with E-state index in [1.807, 2.05) is 6.07 Å². The summed E-state index contributed by atoms with van der Waals surface area (Å²) in [5.41, 5.74) is 1.04. The van der Waals surface area contributed by atoms with Crippen LogP contribution < -0.4 is 5.32 Å². The Hall–Kier alpha value is -1.16. The number of rotatable bonds is 5. The summed E-state index contributed by atoms with van der Waals surface area (Å²) in [5, 5.41) is 11.6. The first-order valence-electron chi connectivity index (χ1n) is 4.88. The van der Waals surface area contributed by atoms with E-state index in [-0.39, 0.29) is 6.61 Å². The first-order valence-corrected chi connectivity index (χ1v) is 4.88. The molecule has 0 spiro atoms. The van der Waals surface area contributed by atoms with Gasteiger partial charge in [-0.15, -0.1) is 0 Å². The van der Waals surface area contributed by atoms with E-state index >= 15 is 0 Å². The fourth-order valence-corrected chi connectivity index (χ4v) is 1.21. The first kappa shape index (κ1) is 10.9. The molecule has 1 aromatic heterocycles. The normalized spacial score (nSPS) is 10.6. The molecule has 1 heterocycles. The molecule has 0 aliphatic rings. The van der Waals surface area contributed by atoms with Gasteiger partial charge in [0.2, 0.25) is 0 Å². The van der Waals surface area contributed by atoms with E-state index < -0.39 is 0 Å². The molecule has 1 aromatic rings. The summed E-state index contributed by atoms with van der Waals surface area (Å²) in [6, 6.07) is 1.93. The van der Waals surface area contributed by atoms with Crippen molar-refractivity contribution < 1.29 is 5.11 Å². The van der Waals surface area contributed by atoms with Gasteiger partial charge in [0.15, 0.2) is 0 Å². The van der Waals surface area contributed by atoms with Crippen molar-refractivity contribution in [2.45, 2.75) is 20.3 Å². The molecule has 4 heteroatoms. The lowest BCUT2D eigenvalue weighted by atomic mass is 10.1. The van der Waals surface area contributed by atoms with Crippen LogP contribution in [0.5, 0.6) is 0 Å². The smallest absolute Gasteiger partial charge is 0.129 e. The number of nitrogens with zero attached hydrogens (tertiary/aromatic N) is 2. The highest BCUT2D eigenvalue weighted by atomic mass is 16.3. The first-order chi connectivity index (χ1) is 6.72. The molecule has 14 heavy (non-hydrogen) atoms. The third-order valence-corrected chi connectivity index (χ3v) is 1.76. The molecule has 0 radical (unpaired) electrons. The van der Waals surface area contributed by atoms with Crippen LogP contribution in [-0.2, 0) is 6.42 Å². The predicted molar refractivity (Wildman–Crippen MR) is 56.1 cm³/mol. The summed E-state index contributed by atoms with van der Waals surface area (Å²) < 4.78 is 0. The minimum absolute atomic E-state index is 0.115. The number of aliphatic hydroxyl groups excluding tert-OH is 1. The Labute approximate surface area is 84.4 Å². The Morgan fingerprint density at radius 3 is 2.86 bits per heavy atom. The van der Waals surface area contributed by atoms with E-state index in [0.717, 1.165) is 17.9 Å². The summed E-state index contributed by atoms with van der Waals surface area (Å²) in [7, 11) is 0. The van der Waals surface area contributed by atoms with Gasteiger partial charge in [-0.2, -0.15) is 0 Å². The maximum Gasteiger partial charge on any atom is 0.129 e. The average Bonchev–Trinajstić information content (AvgIpc) is 2.14. The van der Waals surface area contributed by atoms with Crippen molar-refractivity contribution in [2.24, 2.45) is 5.92 Å². The van der Waals surface area contributed by atoms with Gasteiger partial charge in [0.25, 0.3) is 0 Å². The maximum atomic E-state index is 8.64. The van der Waals surface area contributed by atoms with Gasteiger partial charge in [-0.1, -0.05) is 13.8 Å². The fraction of sp³-hybridized carbons (Fsp3) is 0.600. The van der Waals surface area contributed by atoms with Gasteiger partial charge in [0.1, 0.15) is 12.1 Å². The molecule has 0 unspecified atom stereocenters. The van der Waals surface area contributed by atoms with Crippen molar-refractivity contribution in [3.8, 4) is 0 Å². The maximum absolute atomic E-state index is 8.64. The van der Waals surface area contributed by atoms with Gasteiger partial charge in [-0.25, -0.2) is 9.97 Å². The lowest BCUT2D eigenvalue weighted by molar-refractivity contribution is 0.311. The molecule has 0 aliphatic heterocycles. The molecule has 0 saturated heterocycles. The Morgan fingerprint density at radius 2 is 2.21 bits per heavy atom. The van der Waals surface area contributed by atoms with Gasteiger partial charge in [0, 0.05) is 18.3 Å². The number of hydrogen-bond donors (Lipinski definition) is 2. The van der Waals surface area contributed by atoms with E-state index in [2.05, 4.69) is 29.1 Å². The molecular weight excluding hydrogens is 178 g/mol. The molecule has 0 saturated carbocycles. The largest absolute Gasteiger partial charge is 0.395 e. The molecule has 0 aromatic carbocycles. The molecule has 0 amide bonds. The summed E-state index contributed by atoms with van der Waals surface area (Å²) in [6.07, 6.45) is 2.51. The second-order valence-electron chi connectivity index (χ2n) is 3.64. The van der Waals surface area contributed by atoms with Crippen molar-refractivity contribution in [3.63, 3.8) is 0 Å². The van der Waals surface area contributed by atoms with Crippen LogP contribution in [0.15, 0.2) is 12.4 Å². The molecule has 0 bridgehead atoms. The van der Waals surface area contributed by atoms with E-state index in [0.29, 0.717) is 12.5 Å². The molecule has 1 rings (SSSR count). The zero-order valence-electron chi connectivity index (χ0n) is 8.70. The van der Waals surface area contributed by atoms with Crippen molar-refractivity contribution in [3.05, 3.63) is 18.1 Å². The third-order valence-electron chi connectivity index (χ3n) is 1.76. The molecule has 78 valence electrons. The van der Waals surface area contributed by atoms with Crippen molar-refractivity contribution in [1.82, 2.24) is 9.97 Å². The lowest BCUT2D eigenvalue weighted by Crippen LogP contribution is -2.08. The van der Waals surface area contributed by atoms with E-state index in [1.54, 1.807) is 6.33 Å². The van der Waals surface area contributed by atoms with Crippen LogP contribution in [0.4, 0.5) is 5.82 Å².